The first-order valence-corrected chi connectivity index (χ1v) is 13.7. The van der Waals surface area contributed by atoms with Crippen molar-refractivity contribution in [1.82, 2.24) is 20.2 Å². The summed E-state index contributed by atoms with van der Waals surface area (Å²) < 4.78 is 12.5. The SMILES string of the molecule is NCCCC[C@@H](NC(=O)Cn1ccc(N)nc1=O)C(=O)NC[C@H]1O[C@H](OC2C(N)CC(N)C(O)C2O)[C@H](N)[C@@H](O)[C@@H]1O. The second-order valence-corrected chi connectivity index (χ2v) is 10.7. The normalized spacial score (nSPS) is 34.0. The molecule has 1 aromatic heterocycles. The van der Waals surface area contributed by atoms with Gasteiger partial charge in [0.1, 0.15) is 48.9 Å². The molecular formula is C24H43N9O9. The van der Waals surface area contributed by atoms with Gasteiger partial charge in [0.15, 0.2) is 6.29 Å². The number of hydrogen-bond donors (Lipinski definition) is 11. The fourth-order valence-electron chi connectivity index (χ4n) is 4.91. The number of carbonyl (C=O) groups is 2. The minimum absolute atomic E-state index is 0.00100. The summed E-state index contributed by atoms with van der Waals surface area (Å²) in [6.07, 6.45) is -6.82. The van der Waals surface area contributed by atoms with E-state index in [1.807, 2.05) is 0 Å². The molecule has 0 spiro atoms. The van der Waals surface area contributed by atoms with Crippen LogP contribution in [0, 0.1) is 0 Å². The molecular weight excluding hydrogens is 558 g/mol. The molecule has 2 fully saturated rings. The molecule has 0 bridgehead atoms. The quantitative estimate of drug-likeness (QED) is 0.0992. The molecule has 5 unspecified atom stereocenters. The maximum Gasteiger partial charge on any atom is 0.349 e. The van der Waals surface area contributed by atoms with Crippen molar-refractivity contribution in [1.29, 1.82) is 0 Å². The Kier molecular flexibility index (Phi) is 12.1. The summed E-state index contributed by atoms with van der Waals surface area (Å²) >= 11 is 0. The average molecular weight is 602 g/mol. The van der Waals surface area contributed by atoms with Gasteiger partial charge < -0.3 is 69.2 Å². The Morgan fingerprint density at radius 2 is 1.81 bits per heavy atom. The van der Waals surface area contributed by atoms with Gasteiger partial charge in [0.05, 0.1) is 12.1 Å². The van der Waals surface area contributed by atoms with Gasteiger partial charge >= 0.3 is 5.69 Å². The lowest BCUT2D eigenvalue weighted by atomic mass is 9.84. The molecule has 0 aromatic carbocycles. The van der Waals surface area contributed by atoms with Crippen molar-refractivity contribution >= 4 is 17.6 Å². The molecule has 2 aliphatic rings. The lowest BCUT2D eigenvalue weighted by molar-refractivity contribution is -0.288. The molecule has 2 heterocycles. The maximum absolute atomic E-state index is 13.1. The number of ether oxygens (including phenoxy) is 2. The highest BCUT2D eigenvalue weighted by Crippen LogP contribution is 2.27. The predicted molar refractivity (Wildman–Crippen MR) is 147 cm³/mol. The van der Waals surface area contributed by atoms with E-state index < -0.39 is 91.1 Å². The summed E-state index contributed by atoms with van der Waals surface area (Å²) in [4.78, 5) is 41.2. The van der Waals surface area contributed by atoms with E-state index >= 15 is 0 Å². The van der Waals surface area contributed by atoms with Gasteiger partial charge in [-0.15, -0.1) is 0 Å². The standard InChI is InChI=1S/C24H43N9O9/c25-5-2-1-3-12(31-15(34)9-33-6-4-14(28)32-24(33)40)22(39)30-8-13-18(36)19(37)16(29)23(41-13)42-21-11(27)7-10(26)17(35)20(21)38/h4,6,10-13,16-21,23,35-38H,1-3,5,7-9,25-27,29H2,(H,30,39)(H,31,34)(H2,28,32,40)/t10?,11?,12-,13-,16-,17?,18-,19-,20?,21?,23-/m1/s1. The molecule has 1 saturated carbocycles. The molecule has 3 rings (SSSR count). The van der Waals surface area contributed by atoms with E-state index in [0.29, 0.717) is 19.4 Å². The first-order valence-electron chi connectivity index (χ1n) is 13.7. The minimum Gasteiger partial charge on any atom is -0.389 e. The topological polar surface area (TPSA) is 323 Å². The number of amides is 2. The van der Waals surface area contributed by atoms with Crippen molar-refractivity contribution in [3.05, 3.63) is 22.7 Å². The van der Waals surface area contributed by atoms with E-state index in [1.54, 1.807) is 0 Å². The van der Waals surface area contributed by atoms with Crippen LogP contribution in [0.2, 0.25) is 0 Å². The van der Waals surface area contributed by atoms with Crippen molar-refractivity contribution in [2.45, 2.75) is 99.3 Å². The van der Waals surface area contributed by atoms with Crippen LogP contribution in [0.4, 0.5) is 5.82 Å². The number of aromatic nitrogens is 2. The molecule has 16 N–H and O–H groups in total. The summed E-state index contributed by atoms with van der Waals surface area (Å²) in [5.74, 6) is -1.26. The van der Waals surface area contributed by atoms with E-state index in [1.165, 1.54) is 12.3 Å². The van der Waals surface area contributed by atoms with Crippen molar-refractivity contribution in [2.24, 2.45) is 22.9 Å². The predicted octanol–water partition coefficient (Wildman–Crippen LogP) is -6.51. The van der Waals surface area contributed by atoms with E-state index in [4.69, 9.17) is 38.1 Å². The number of carbonyl (C=O) groups excluding carboxylic acids is 2. The van der Waals surface area contributed by atoms with Crippen molar-refractivity contribution < 1.29 is 39.5 Å². The largest absolute Gasteiger partial charge is 0.389 e. The van der Waals surface area contributed by atoms with Gasteiger partial charge in [-0.2, -0.15) is 4.98 Å². The highest BCUT2D eigenvalue weighted by molar-refractivity contribution is 5.87. The fraction of sp³-hybridized carbons (Fsp3) is 0.750. The zero-order valence-electron chi connectivity index (χ0n) is 23.1. The average Bonchev–Trinajstić information content (AvgIpc) is 2.94. The zero-order valence-corrected chi connectivity index (χ0v) is 23.1. The number of nitrogens with one attached hydrogen (secondary N) is 2. The summed E-state index contributed by atoms with van der Waals surface area (Å²) in [6.45, 7) is -0.352. The number of nitrogens with zero attached hydrogens (tertiary/aromatic N) is 2. The van der Waals surface area contributed by atoms with Gasteiger partial charge in [0.2, 0.25) is 11.8 Å². The van der Waals surface area contributed by atoms with Crippen molar-refractivity contribution in [3.63, 3.8) is 0 Å². The number of aliphatic hydroxyl groups excluding tert-OH is 4. The lowest BCUT2D eigenvalue weighted by Crippen LogP contribution is -2.67. The molecule has 1 aliphatic carbocycles. The highest BCUT2D eigenvalue weighted by Gasteiger charge is 2.48. The van der Waals surface area contributed by atoms with Gasteiger partial charge in [0.25, 0.3) is 0 Å². The Bertz CT molecular complexity index is 1110. The second kappa shape index (κ2) is 15.1. The second-order valence-electron chi connectivity index (χ2n) is 10.7. The Morgan fingerprint density at radius 3 is 2.48 bits per heavy atom. The Balaban J connectivity index is 1.63. The number of nitrogen functional groups attached to an aromatic ring is 1. The van der Waals surface area contributed by atoms with Crippen molar-refractivity contribution in [2.75, 3.05) is 18.8 Å². The van der Waals surface area contributed by atoms with Crippen LogP contribution in [0.5, 0.6) is 0 Å². The third-order valence-electron chi connectivity index (χ3n) is 7.42. The smallest absolute Gasteiger partial charge is 0.349 e. The number of rotatable bonds is 12. The number of aliphatic hydroxyl groups is 4. The van der Waals surface area contributed by atoms with Crippen LogP contribution in [0.1, 0.15) is 25.7 Å². The summed E-state index contributed by atoms with van der Waals surface area (Å²) in [6, 6.07) is -2.48. The molecule has 1 aromatic rings. The third kappa shape index (κ3) is 8.40. The van der Waals surface area contributed by atoms with E-state index in [-0.39, 0.29) is 25.2 Å². The molecule has 11 atom stereocenters. The van der Waals surface area contributed by atoms with Crippen LogP contribution < -0.4 is 45.0 Å². The lowest BCUT2D eigenvalue weighted by Gasteiger charge is -2.46. The fourth-order valence-corrected chi connectivity index (χ4v) is 4.91. The monoisotopic (exact) mass is 601 g/mol. The molecule has 42 heavy (non-hydrogen) atoms. The van der Waals surface area contributed by atoms with Crippen LogP contribution in [0.25, 0.3) is 0 Å². The van der Waals surface area contributed by atoms with Crippen LogP contribution in [0.3, 0.4) is 0 Å². The number of anilines is 1. The van der Waals surface area contributed by atoms with Gasteiger partial charge in [-0.25, -0.2) is 4.79 Å². The zero-order chi connectivity index (χ0) is 31.1. The van der Waals surface area contributed by atoms with Gasteiger partial charge in [-0.3, -0.25) is 14.2 Å². The first-order chi connectivity index (χ1) is 19.8. The summed E-state index contributed by atoms with van der Waals surface area (Å²) in [7, 11) is 0. The molecule has 1 saturated heterocycles. The van der Waals surface area contributed by atoms with Crippen LogP contribution in [-0.2, 0) is 25.6 Å². The van der Waals surface area contributed by atoms with E-state index in [0.717, 1.165) is 4.57 Å². The number of nitrogens with two attached hydrogens (primary N) is 5. The molecule has 0 radical (unpaired) electrons. The van der Waals surface area contributed by atoms with Crippen LogP contribution in [0.15, 0.2) is 17.1 Å². The van der Waals surface area contributed by atoms with E-state index in [9.17, 15) is 34.8 Å². The third-order valence-corrected chi connectivity index (χ3v) is 7.42. The van der Waals surface area contributed by atoms with Crippen LogP contribution >= 0.6 is 0 Å². The molecule has 18 heteroatoms. The number of hydrogen-bond acceptors (Lipinski definition) is 15. The van der Waals surface area contributed by atoms with Crippen molar-refractivity contribution in [3.8, 4) is 0 Å². The first kappa shape index (κ1) is 33.7. The summed E-state index contributed by atoms with van der Waals surface area (Å²) in [5, 5.41) is 46.8. The molecule has 1 aliphatic heterocycles. The molecule has 238 valence electrons. The minimum atomic E-state index is -1.54. The van der Waals surface area contributed by atoms with Gasteiger partial charge in [-0.1, -0.05) is 0 Å². The Labute approximate surface area is 241 Å². The summed E-state index contributed by atoms with van der Waals surface area (Å²) in [5.41, 5.74) is 28.1. The highest BCUT2D eigenvalue weighted by atomic mass is 16.7. The van der Waals surface area contributed by atoms with Gasteiger partial charge in [0, 0.05) is 24.8 Å². The Hall–Kier alpha value is -2.78. The Morgan fingerprint density at radius 1 is 1.10 bits per heavy atom. The van der Waals surface area contributed by atoms with Gasteiger partial charge in [-0.05, 0) is 38.3 Å². The van der Waals surface area contributed by atoms with Crippen LogP contribution in [-0.4, -0.2) is 122 Å². The van der Waals surface area contributed by atoms with E-state index in [2.05, 4.69) is 15.6 Å². The molecule has 18 nitrogen and oxygen atoms in total. The maximum atomic E-state index is 13.1. The molecule has 2 amide bonds. The number of unbranched alkanes of at least 4 members (excludes halogenated alkanes) is 1.